The Morgan fingerprint density at radius 1 is 1.38 bits per heavy atom. The highest BCUT2D eigenvalue weighted by atomic mass is 32.1. The number of hydrogen-bond donors (Lipinski definition) is 0. The van der Waals surface area contributed by atoms with Crippen molar-refractivity contribution < 1.29 is 0 Å². The van der Waals surface area contributed by atoms with Gasteiger partial charge in [0.1, 0.15) is 12.7 Å². The second-order valence-corrected chi connectivity index (χ2v) is 6.66. The molecule has 0 bridgehead atoms. The summed E-state index contributed by atoms with van der Waals surface area (Å²) in [4.78, 5) is 11.4. The predicted molar refractivity (Wildman–Crippen MR) is 84.2 cm³/mol. The average molecular weight is 305 g/mol. The van der Waals surface area contributed by atoms with Crippen molar-refractivity contribution in [1.29, 1.82) is 0 Å². The molecule has 0 saturated carbocycles. The van der Waals surface area contributed by atoms with Gasteiger partial charge in [0.05, 0.1) is 17.2 Å². The Bertz CT molecular complexity index is 536. The highest BCUT2D eigenvalue weighted by molar-refractivity contribution is 7.09. The van der Waals surface area contributed by atoms with Gasteiger partial charge in [0.15, 0.2) is 0 Å². The third-order valence-corrected chi connectivity index (χ3v) is 5.00. The molecule has 1 fully saturated rings. The lowest BCUT2D eigenvalue weighted by Crippen LogP contribution is -2.41. The summed E-state index contributed by atoms with van der Waals surface area (Å²) in [5.74, 6) is 0. The first-order chi connectivity index (χ1) is 10.3. The Labute approximate surface area is 130 Å². The molecule has 6 heteroatoms. The van der Waals surface area contributed by atoms with E-state index in [0.29, 0.717) is 6.04 Å². The predicted octanol–water partition coefficient (Wildman–Crippen LogP) is 2.74. The number of nitrogens with zero attached hydrogens (tertiary/aromatic N) is 5. The van der Waals surface area contributed by atoms with Crippen LogP contribution in [0.2, 0.25) is 0 Å². The fraction of sp³-hybridized carbons (Fsp3) is 0.667. The maximum Gasteiger partial charge on any atom is 0.137 e. The molecule has 114 valence electrons. The molecule has 2 aromatic rings. The molecule has 0 aliphatic carbocycles. The molecular weight excluding hydrogens is 282 g/mol. The molecule has 3 heterocycles. The monoisotopic (exact) mass is 305 g/mol. The van der Waals surface area contributed by atoms with Crippen LogP contribution in [0.4, 0.5) is 0 Å². The molecule has 1 saturated heterocycles. The van der Waals surface area contributed by atoms with E-state index in [-0.39, 0.29) is 0 Å². The van der Waals surface area contributed by atoms with Gasteiger partial charge in [-0.2, -0.15) is 5.10 Å². The van der Waals surface area contributed by atoms with Gasteiger partial charge in [-0.25, -0.2) is 9.97 Å². The van der Waals surface area contributed by atoms with Gasteiger partial charge < -0.3 is 0 Å². The van der Waals surface area contributed by atoms with Crippen LogP contribution in [-0.4, -0.2) is 37.2 Å². The minimum Gasteiger partial charge on any atom is -0.293 e. The highest BCUT2D eigenvalue weighted by Crippen LogP contribution is 2.22. The fourth-order valence-corrected chi connectivity index (χ4v) is 3.87. The number of hydrogen-bond acceptors (Lipinski definition) is 5. The van der Waals surface area contributed by atoms with Crippen LogP contribution in [0.15, 0.2) is 18.0 Å². The summed E-state index contributed by atoms with van der Waals surface area (Å²) in [6.45, 7) is 5.28. The lowest BCUT2D eigenvalue weighted by molar-refractivity contribution is 0.120. The smallest absolute Gasteiger partial charge is 0.137 e. The Hall–Kier alpha value is -1.27. The molecule has 21 heavy (non-hydrogen) atoms. The average Bonchev–Trinajstić information content (AvgIpc) is 3.14. The van der Waals surface area contributed by atoms with Gasteiger partial charge in [-0.3, -0.25) is 9.58 Å². The zero-order valence-corrected chi connectivity index (χ0v) is 13.4. The SMILES string of the molecule is CCCc1nc(CN2CCCC[C@H]2Cn2cncn2)cs1. The maximum absolute atomic E-state index is 4.77. The molecule has 5 nitrogen and oxygen atoms in total. The Morgan fingerprint density at radius 3 is 3.14 bits per heavy atom. The van der Waals surface area contributed by atoms with E-state index in [1.165, 1.54) is 42.9 Å². The van der Waals surface area contributed by atoms with Crippen LogP contribution >= 0.6 is 11.3 Å². The third-order valence-electron chi connectivity index (χ3n) is 4.04. The summed E-state index contributed by atoms with van der Waals surface area (Å²) in [6, 6.07) is 0.553. The fourth-order valence-electron chi connectivity index (χ4n) is 2.98. The quantitative estimate of drug-likeness (QED) is 0.823. The van der Waals surface area contributed by atoms with Crippen LogP contribution in [0.3, 0.4) is 0 Å². The third kappa shape index (κ3) is 3.89. The van der Waals surface area contributed by atoms with E-state index in [1.54, 1.807) is 17.7 Å². The normalized spacial score (nSPS) is 20.0. The second-order valence-electron chi connectivity index (χ2n) is 5.72. The number of thiazole rings is 1. The minimum absolute atomic E-state index is 0.553. The molecule has 1 aliphatic heterocycles. The van der Waals surface area contributed by atoms with Crippen LogP contribution < -0.4 is 0 Å². The highest BCUT2D eigenvalue weighted by Gasteiger charge is 2.23. The molecule has 1 aliphatic rings. The number of aryl methyl sites for hydroxylation is 1. The van der Waals surface area contributed by atoms with E-state index in [9.17, 15) is 0 Å². The molecule has 3 rings (SSSR count). The largest absolute Gasteiger partial charge is 0.293 e. The Morgan fingerprint density at radius 2 is 2.33 bits per heavy atom. The molecule has 0 amide bonds. The van der Waals surface area contributed by atoms with E-state index >= 15 is 0 Å². The van der Waals surface area contributed by atoms with Gasteiger partial charge in [-0.1, -0.05) is 13.3 Å². The van der Waals surface area contributed by atoms with Crippen molar-refractivity contribution in [3.05, 3.63) is 28.7 Å². The second kappa shape index (κ2) is 7.13. The molecule has 0 aromatic carbocycles. The van der Waals surface area contributed by atoms with Crippen LogP contribution in [0.5, 0.6) is 0 Å². The van der Waals surface area contributed by atoms with E-state index in [0.717, 1.165) is 19.5 Å². The van der Waals surface area contributed by atoms with E-state index in [1.807, 2.05) is 11.0 Å². The first-order valence-corrected chi connectivity index (χ1v) is 8.73. The summed E-state index contributed by atoms with van der Waals surface area (Å²) >= 11 is 1.80. The number of likely N-dealkylation sites (tertiary alicyclic amines) is 1. The van der Waals surface area contributed by atoms with Crippen molar-refractivity contribution in [2.24, 2.45) is 0 Å². The lowest BCUT2D eigenvalue weighted by Gasteiger charge is -2.35. The lowest BCUT2D eigenvalue weighted by atomic mass is 10.0. The summed E-state index contributed by atoms with van der Waals surface area (Å²) in [5, 5.41) is 7.75. The van der Waals surface area contributed by atoms with Gasteiger partial charge in [0.2, 0.25) is 0 Å². The molecule has 0 unspecified atom stereocenters. The summed E-state index contributed by atoms with van der Waals surface area (Å²) in [7, 11) is 0. The van der Waals surface area contributed by atoms with Gasteiger partial charge in [0.25, 0.3) is 0 Å². The van der Waals surface area contributed by atoms with Crippen LogP contribution in [0.1, 0.15) is 43.3 Å². The molecule has 2 aromatic heterocycles. The van der Waals surface area contributed by atoms with Gasteiger partial charge >= 0.3 is 0 Å². The Kier molecular flexibility index (Phi) is 4.98. The standard InChI is InChI=1S/C15H23N5S/c1-2-5-15-18-13(10-21-15)8-19-7-4-3-6-14(19)9-20-12-16-11-17-20/h10-12,14H,2-9H2,1H3/t14-/m0/s1. The zero-order chi connectivity index (χ0) is 14.5. The van der Waals surface area contributed by atoms with Crippen molar-refractivity contribution in [2.45, 2.75) is 58.2 Å². The van der Waals surface area contributed by atoms with Crippen LogP contribution in [-0.2, 0) is 19.5 Å². The van der Waals surface area contributed by atoms with Crippen molar-refractivity contribution >= 4 is 11.3 Å². The van der Waals surface area contributed by atoms with Crippen molar-refractivity contribution in [3.63, 3.8) is 0 Å². The van der Waals surface area contributed by atoms with Gasteiger partial charge in [-0.15, -0.1) is 11.3 Å². The first kappa shape index (κ1) is 14.7. The van der Waals surface area contributed by atoms with Crippen LogP contribution in [0.25, 0.3) is 0 Å². The van der Waals surface area contributed by atoms with E-state index in [2.05, 4.69) is 27.3 Å². The van der Waals surface area contributed by atoms with Gasteiger partial charge in [0, 0.05) is 18.0 Å². The van der Waals surface area contributed by atoms with Gasteiger partial charge in [-0.05, 0) is 32.2 Å². The van der Waals surface area contributed by atoms with Crippen LogP contribution in [0, 0.1) is 0 Å². The van der Waals surface area contributed by atoms with Crippen molar-refractivity contribution in [1.82, 2.24) is 24.6 Å². The molecular formula is C15H23N5S. The molecule has 0 spiro atoms. The molecule has 0 radical (unpaired) electrons. The maximum atomic E-state index is 4.77. The number of aromatic nitrogens is 4. The molecule has 0 N–H and O–H groups in total. The minimum atomic E-state index is 0.553. The molecule has 1 atom stereocenters. The first-order valence-electron chi connectivity index (χ1n) is 7.85. The topological polar surface area (TPSA) is 46.8 Å². The van der Waals surface area contributed by atoms with E-state index in [4.69, 9.17) is 4.98 Å². The van der Waals surface area contributed by atoms with E-state index < -0.39 is 0 Å². The Balaban J connectivity index is 1.63. The number of piperidine rings is 1. The summed E-state index contributed by atoms with van der Waals surface area (Å²) in [5.41, 5.74) is 1.23. The van der Waals surface area contributed by atoms with Crippen molar-refractivity contribution in [2.75, 3.05) is 6.54 Å². The summed E-state index contributed by atoms with van der Waals surface area (Å²) in [6.07, 6.45) is 9.55. The summed E-state index contributed by atoms with van der Waals surface area (Å²) < 4.78 is 1.95. The number of rotatable bonds is 6. The zero-order valence-electron chi connectivity index (χ0n) is 12.6. The van der Waals surface area contributed by atoms with Crippen molar-refractivity contribution in [3.8, 4) is 0 Å².